The van der Waals surface area contributed by atoms with Crippen LogP contribution in [-0.4, -0.2) is 4.98 Å². The van der Waals surface area contributed by atoms with Gasteiger partial charge in [-0.25, -0.2) is 0 Å². The summed E-state index contributed by atoms with van der Waals surface area (Å²) >= 11 is 13.0. The van der Waals surface area contributed by atoms with Crippen molar-refractivity contribution in [1.29, 1.82) is 0 Å². The van der Waals surface area contributed by atoms with Crippen molar-refractivity contribution in [3.63, 3.8) is 0 Å². The first-order valence-corrected chi connectivity index (χ1v) is 8.13. The molecule has 1 nitrogen and oxygen atoms in total. The van der Waals surface area contributed by atoms with Crippen molar-refractivity contribution in [1.82, 2.24) is 4.98 Å². The molecule has 0 amide bonds. The van der Waals surface area contributed by atoms with Crippen LogP contribution in [0.15, 0.2) is 52.3 Å². The highest BCUT2D eigenvalue weighted by Crippen LogP contribution is 2.26. The lowest BCUT2D eigenvalue weighted by Gasteiger charge is -2.01. The van der Waals surface area contributed by atoms with Crippen LogP contribution >= 0.6 is 46.9 Å². The van der Waals surface area contributed by atoms with Crippen molar-refractivity contribution in [3.05, 3.63) is 57.3 Å². The van der Waals surface area contributed by atoms with Crippen LogP contribution in [0.5, 0.6) is 0 Å². The molecule has 5 heteroatoms. The minimum atomic E-state index is 0.856. The first-order chi connectivity index (χ1) is 9.16. The number of hydrogen-bond donors (Lipinski definition) is 1. The number of hydrogen-bond acceptors (Lipinski definition) is 4. The molecule has 0 radical (unpaired) electrons. The Morgan fingerprint density at radius 3 is 2.53 bits per heavy atom. The Kier molecular flexibility index (Phi) is 5.45. The first-order valence-electron chi connectivity index (χ1n) is 5.54. The molecule has 2 heterocycles. The lowest BCUT2D eigenvalue weighted by atomic mass is 10.1. The van der Waals surface area contributed by atoms with E-state index in [0.717, 1.165) is 9.23 Å². The largest absolute Gasteiger partial charge is 0.252 e. The first kappa shape index (κ1) is 14.6. The maximum absolute atomic E-state index is 5.47. The number of thiophene rings is 1. The molecule has 0 bridgehead atoms. The van der Waals surface area contributed by atoms with Crippen LogP contribution < -0.4 is 0 Å². The SMILES string of the molecule is Cc1cc(-c2cncs2)ccc1S.Clc1cccs1. The van der Waals surface area contributed by atoms with Crippen LogP contribution in [-0.2, 0) is 0 Å². The van der Waals surface area contributed by atoms with Crippen LogP contribution in [0.3, 0.4) is 0 Å². The van der Waals surface area contributed by atoms with E-state index in [4.69, 9.17) is 11.6 Å². The van der Waals surface area contributed by atoms with Gasteiger partial charge in [0, 0.05) is 11.1 Å². The summed E-state index contributed by atoms with van der Waals surface area (Å²) in [6.07, 6.45) is 1.89. The van der Waals surface area contributed by atoms with Crippen molar-refractivity contribution in [2.45, 2.75) is 11.8 Å². The molecule has 0 aliphatic rings. The van der Waals surface area contributed by atoms with Crippen molar-refractivity contribution in [3.8, 4) is 10.4 Å². The van der Waals surface area contributed by atoms with Gasteiger partial charge in [0.1, 0.15) is 0 Å². The molecule has 2 aromatic heterocycles. The Morgan fingerprint density at radius 1 is 1.21 bits per heavy atom. The van der Waals surface area contributed by atoms with Gasteiger partial charge in [0.15, 0.2) is 0 Å². The molecule has 0 saturated heterocycles. The summed E-state index contributed by atoms with van der Waals surface area (Å²) in [6.45, 7) is 2.06. The van der Waals surface area contributed by atoms with Crippen LogP contribution in [0.2, 0.25) is 4.34 Å². The van der Waals surface area contributed by atoms with E-state index in [9.17, 15) is 0 Å². The summed E-state index contributed by atoms with van der Waals surface area (Å²) < 4.78 is 0.856. The van der Waals surface area contributed by atoms with Crippen LogP contribution in [0, 0.1) is 6.92 Å². The molecule has 98 valence electrons. The summed E-state index contributed by atoms with van der Waals surface area (Å²) in [6, 6.07) is 10.0. The minimum Gasteiger partial charge on any atom is -0.252 e. The third-order valence-electron chi connectivity index (χ3n) is 2.40. The number of thiol groups is 1. The third kappa shape index (κ3) is 4.35. The molecule has 0 aliphatic heterocycles. The Morgan fingerprint density at radius 2 is 2.05 bits per heavy atom. The van der Waals surface area contributed by atoms with Gasteiger partial charge >= 0.3 is 0 Å². The number of halogens is 1. The fraction of sp³-hybridized carbons (Fsp3) is 0.0714. The second-order valence-electron chi connectivity index (χ2n) is 3.78. The fourth-order valence-corrected chi connectivity index (χ4v) is 2.86. The average molecular weight is 326 g/mol. The van der Waals surface area contributed by atoms with Crippen molar-refractivity contribution >= 4 is 46.9 Å². The summed E-state index contributed by atoms with van der Waals surface area (Å²) in [5, 5.41) is 1.95. The van der Waals surface area contributed by atoms with E-state index in [1.807, 2.05) is 35.3 Å². The van der Waals surface area contributed by atoms with Crippen molar-refractivity contribution in [2.24, 2.45) is 0 Å². The zero-order valence-electron chi connectivity index (χ0n) is 10.2. The summed E-state index contributed by atoms with van der Waals surface area (Å²) in [7, 11) is 0. The van der Waals surface area contributed by atoms with Crippen LogP contribution in [0.4, 0.5) is 0 Å². The summed E-state index contributed by atoms with van der Waals surface area (Å²) in [4.78, 5) is 6.29. The van der Waals surface area contributed by atoms with Gasteiger partial charge in [-0.05, 0) is 47.7 Å². The van der Waals surface area contributed by atoms with E-state index >= 15 is 0 Å². The molecule has 0 spiro atoms. The number of benzene rings is 1. The Balaban J connectivity index is 0.000000186. The smallest absolute Gasteiger partial charge is 0.0928 e. The molecule has 0 unspecified atom stereocenters. The molecule has 1 aromatic carbocycles. The highest BCUT2D eigenvalue weighted by Gasteiger charge is 2.00. The normalized spacial score (nSPS) is 9.84. The highest BCUT2D eigenvalue weighted by molar-refractivity contribution is 7.80. The van der Waals surface area contributed by atoms with Crippen molar-refractivity contribution in [2.75, 3.05) is 0 Å². The molecule has 0 aliphatic carbocycles. The van der Waals surface area contributed by atoms with Gasteiger partial charge in [0.05, 0.1) is 14.7 Å². The van der Waals surface area contributed by atoms with Crippen LogP contribution in [0.1, 0.15) is 5.56 Å². The highest BCUT2D eigenvalue weighted by atomic mass is 35.5. The third-order valence-corrected chi connectivity index (χ3v) is 4.77. The topological polar surface area (TPSA) is 12.9 Å². The van der Waals surface area contributed by atoms with E-state index in [0.29, 0.717) is 0 Å². The van der Waals surface area contributed by atoms with Gasteiger partial charge in [-0.1, -0.05) is 17.7 Å². The summed E-state index contributed by atoms with van der Waals surface area (Å²) in [5.41, 5.74) is 4.27. The molecular weight excluding hydrogens is 314 g/mol. The fourth-order valence-electron chi connectivity index (χ4n) is 1.43. The van der Waals surface area contributed by atoms with E-state index in [1.54, 1.807) is 22.7 Å². The van der Waals surface area contributed by atoms with Gasteiger partial charge < -0.3 is 0 Å². The summed E-state index contributed by atoms with van der Waals surface area (Å²) in [5.74, 6) is 0. The number of rotatable bonds is 1. The standard InChI is InChI=1S/C10H9NS2.C4H3ClS/c1-7-4-8(2-3-9(7)12)10-5-11-6-13-10;5-4-2-1-3-6-4/h2-6,12H,1H3;1-3H. The lowest BCUT2D eigenvalue weighted by molar-refractivity contribution is 1.31. The van der Waals surface area contributed by atoms with E-state index < -0.39 is 0 Å². The van der Waals surface area contributed by atoms with Gasteiger partial charge in [-0.15, -0.1) is 35.3 Å². The minimum absolute atomic E-state index is 0.856. The molecule has 0 N–H and O–H groups in total. The quantitative estimate of drug-likeness (QED) is 0.557. The monoisotopic (exact) mass is 325 g/mol. The maximum Gasteiger partial charge on any atom is 0.0928 e. The van der Waals surface area contributed by atoms with Gasteiger partial charge in [0.2, 0.25) is 0 Å². The predicted octanol–water partition coefficient (Wildman–Crippen LogP) is 5.81. The molecule has 0 saturated carbocycles. The van der Waals surface area contributed by atoms with Gasteiger partial charge in [0.25, 0.3) is 0 Å². The zero-order valence-corrected chi connectivity index (χ0v) is 13.5. The Labute approximate surface area is 131 Å². The molecule has 3 aromatic rings. The second-order valence-corrected chi connectivity index (χ2v) is 6.73. The molecule has 19 heavy (non-hydrogen) atoms. The van der Waals surface area contributed by atoms with Gasteiger partial charge in [-0.2, -0.15) is 0 Å². The number of thiazole rings is 1. The maximum atomic E-state index is 5.47. The number of nitrogens with zero attached hydrogens (tertiary/aromatic N) is 1. The van der Waals surface area contributed by atoms with Crippen molar-refractivity contribution < 1.29 is 0 Å². The second kappa shape index (κ2) is 7.10. The molecule has 3 rings (SSSR count). The van der Waals surface area contributed by atoms with E-state index in [2.05, 4.69) is 36.7 Å². The molecule has 0 atom stereocenters. The van der Waals surface area contributed by atoms with Crippen LogP contribution in [0.25, 0.3) is 10.4 Å². The number of aryl methyl sites for hydroxylation is 1. The predicted molar refractivity (Wildman–Crippen MR) is 88.9 cm³/mol. The Bertz CT molecular complexity index is 618. The molecule has 0 fully saturated rings. The van der Waals surface area contributed by atoms with E-state index in [1.165, 1.54) is 16.0 Å². The number of aromatic nitrogens is 1. The lowest BCUT2D eigenvalue weighted by Crippen LogP contribution is -1.78. The van der Waals surface area contributed by atoms with Gasteiger partial charge in [-0.3, -0.25) is 4.98 Å². The average Bonchev–Trinajstić information content (AvgIpc) is 3.06. The molecular formula is C14H12ClNS3. The zero-order chi connectivity index (χ0) is 13.7. The Hall–Kier alpha value is -0.810. The van der Waals surface area contributed by atoms with E-state index in [-0.39, 0.29) is 0 Å².